The van der Waals surface area contributed by atoms with Crippen LogP contribution in [-0.2, 0) is 11.2 Å². The Bertz CT molecular complexity index is 774. The summed E-state index contributed by atoms with van der Waals surface area (Å²) in [5.41, 5.74) is 4.89. The number of phenolic OH excluding ortho intramolecular Hbond substituents is 1. The molecule has 0 unspecified atom stereocenters. The average Bonchev–Trinajstić information content (AvgIpc) is 2.62. The van der Waals surface area contributed by atoms with Gasteiger partial charge in [0, 0.05) is 11.7 Å². The maximum atomic E-state index is 10.7. The molecule has 0 aliphatic heterocycles. The number of carbonyl (C=O) groups is 1. The smallest absolute Gasteiger partial charge is 0.322 e. The predicted molar refractivity (Wildman–Crippen MR) is 106 cm³/mol. The molecule has 6 heteroatoms. The first-order valence-electron chi connectivity index (χ1n) is 9.04. The van der Waals surface area contributed by atoms with Gasteiger partial charge in [-0.2, -0.15) is 0 Å². The van der Waals surface area contributed by atoms with E-state index in [1.807, 2.05) is 26.8 Å². The first-order chi connectivity index (χ1) is 12.8. The molecule has 2 atom stereocenters. The first-order valence-corrected chi connectivity index (χ1v) is 9.04. The summed E-state index contributed by atoms with van der Waals surface area (Å²) in [7, 11) is 0. The highest BCUT2D eigenvalue weighted by molar-refractivity contribution is 5.73. The largest absolute Gasteiger partial charge is 0.508 e. The van der Waals surface area contributed by atoms with E-state index in [2.05, 4.69) is 16.7 Å². The molecule has 0 bridgehead atoms. The standard InChI is InChI=1S/C21H28N2O4/c1-13-11-19(23-12-20(25)26)14(2)10-17(13)8-9-22-15(3)21(27)16-4-6-18(24)7-5-16/h4-7,10-11,15,21-24,27H,8-9,12H2,1-3H3,(H,25,26)/t15-,21-/m0/s1. The topological polar surface area (TPSA) is 102 Å². The van der Waals surface area contributed by atoms with Crippen LogP contribution < -0.4 is 10.6 Å². The fourth-order valence-corrected chi connectivity index (χ4v) is 3.01. The van der Waals surface area contributed by atoms with Crippen molar-refractivity contribution in [2.45, 2.75) is 39.3 Å². The van der Waals surface area contributed by atoms with Crippen molar-refractivity contribution in [1.82, 2.24) is 5.32 Å². The lowest BCUT2D eigenvalue weighted by Gasteiger charge is -2.21. The van der Waals surface area contributed by atoms with E-state index in [1.165, 1.54) is 5.56 Å². The number of carboxylic acids is 1. The minimum atomic E-state index is -0.887. The SMILES string of the molecule is Cc1cc(NCC(=O)O)c(C)cc1CCN[C@@H](C)[C@H](O)c1ccc(O)cc1. The van der Waals surface area contributed by atoms with Crippen LogP contribution in [0.25, 0.3) is 0 Å². The number of aliphatic hydroxyl groups is 1. The Labute approximate surface area is 159 Å². The summed E-state index contributed by atoms with van der Waals surface area (Å²) in [5, 5.41) is 34.8. The minimum Gasteiger partial charge on any atom is -0.508 e. The van der Waals surface area contributed by atoms with Crippen LogP contribution in [0.3, 0.4) is 0 Å². The van der Waals surface area contributed by atoms with Gasteiger partial charge < -0.3 is 26.0 Å². The fraction of sp³-hybridized carbons (Fsp3) is 0.381. The van der Waals surface area contributed by atoms with Crippen LogP contribution in [0.4, 0.5) is 5.69 Å². The van der Waals surface area contributed by atoms with Gasteiger partial charge >= 0.3 is 5.97 Å². The van der Waals surface area contributed by atoms with Gasteiger partial charge in [0.15, 0.2) is 0 Å². The molecular weight excluding hydrogens is 344 g/mol. The molecule has 2 aromatic carbocycles. The van der Waals surface area contributed by atoms with Crippen molar-refractivity contribution >= 4 is 11.7 Å². The lowest BCUT2D eigenvalue weighted by Crippen LogP contribution is -2.33. The van der Waals surface area contributed by atoms with Crippen molar-refractivity contribution in [3.63, 3.8) is 0 Å². The molecule has 0 spiro atoms. The number of aliphatic hydroxyl groups excluding tert-OH is 1. The molecule has 0 aliphatic carbocycles. The summed E-state index contributed by atoms with van der Waals surface area (Å²) in [5.74, 6) is -0.708. The number of rotatable bonds is 9. The molecule has 2 rings (SSSR count). The number of aromatic hydroxyl groups is 1. The molecule has 5 N–H and O–H groups in total. The maximum absolute atomic E-state index is 10.7. The zero-order chi connectivity index (χ0) is 20.0. The number of benzene rings is 2. The highest BCUT2D eigenvalue weighted by Gasteiger charge is 2.16. The Balaban J connectivity index is 1.91. The van der Waals surface area contributed by atoms with Crippen LogP contribution in [0.5, 0.6) is 5.75 Å². The Hall–Kier alpha value is -2.57. The van der Waals surface area contributed by atoms with Crippen molar-refractivity contribution in [2.24, 2.45) is 0 Å². The molecule has 0 aliphatic rings. The monoisotopic (exact) mass is 372 g/mol. The van der Waals surface area contributed by atoms with Gasteiger partial charge in [0.2, 0.25) is 0 Å². The quantitative estimate of drug-likeness (QED) is 0.464. The molecule has 0 saturated carbocycles. The Kier molecular flexibility index (Phi) is 7.21. The van der Waals surface area contributed by atoms with Crippen LogP contribution in [-0.4, -0.2) is 40.4 Å². The molecule has 2 aromatic rings. The normalized spacial score (nSPS) is 13.2. The van der Waals surface area contributed by atoms with E-state index in [0.29, 0.717) is 6.54 Å². The van der Waals surface area contributed by atoms with E-state index in [0.717, 1.165) is 28.8 Å². The van der Waals surface area contributed by atoms with E-state index in [-0.39, 0.29) is 18.3 Å². The molecular formula is C21H28N2O4. The number of nitrogens with one attached hydrogen (secondary N) is 2. The van der Waals surface area contributed by atoms with Gasteiger partial charge in [-0.05, 0) is 74.2 Å². The third kappa shape index (κ3) is 5.98. The molecule has 0 amide bonds. The van der Waals surface area contributed by atoms with Gasteiger partial charge in [0.25, 0.3) is 0 Å². The van der Waals surface area contributed by atoms with Gasteiger partial charge in [0.05, 0.1) is 6.10 Å². The van der Waals surface area contributed by atoms with Crippen LogP contribution in [0, 0.1) is 13.8 Å². The lowest BCUT2D eigenvalue weighted by molar-refractivity contribution is -0.134. The Morgan fingerprint density at radius 3 is 2.41 bits per heavy atom. The van der Waals surface area contributed by atoms with Crippen LogP contribution >= 0.6 is 0 Å². The second-order valence-electron chi connectivity index (χ2n) is 6.87. The number of aryl methyl sites for hydroxylation is 2. The van der Waals surface area contributed by atoms with Gasteiger partial charge in [-0.1, -0.05) is 18.2 Å². The third-order valence-electron chi connectivity index (χ3n) is 4.68. The number of aliphatic carboxylic acids is 1. The minimum absolute atomic E-state index is 0.103. The fourth-order valence-electron chi connectivity index (χ4n) is 3.01. The lowest BCUT2D eigenvalue weighted by atomic mass is 10.00. The highest BCUT2D eigenvalue weighted by atomic mass is 16.4. The summed E-state index contributed by atoms with van der Waals surface area (Å²) < 4.78 is 0. The zero-order valence-electron chi connectivity index (χ0n) is 16.0. The van der Waals surface area contributed by atoms with Gasteiger partial charge in [-0.3, -0.25) is 4.79 Å². The second kappa shape index (κ2) is 9.39. The van der Waals surface area contributed by atoms with Crippen molar-refractivity contribution < 1.29 is 20.1 Å². The van der Waals surface area contributed by atoms with Gasteiger partial charge in [-0.25, -0.2) is 0 Å². The summed E-state index contributed by atoms with van der Waals surface area (Å²) in [6.45, 7) is 6.49. The van der Waals surface area contributed by atoms with Crippen molar-refractivity contribution in [3.8, 4) is 5.75 Å². The van der Waals surface area contributed by atoms with Gasteiger partial charge in [-0.15, -0.1) is 0 Å². The van der Waals surface area contributed by atoms with Crippen molar-refractivity contribution in [1.29, 1.82) is 0 Å². The van der Waals surface area contributed by atoms with Gasteiger partial charge in [0.1, 0.15) is 12.3 Å². The van der Waals surface area contributed by atoms with Crippen molar-refractivity contribution in [2.75, 3.05) is 18.4 Å². The van der Waals surface area contributed by atoms with Crippen LogP contribution in [0.2, 0.25) is 0 Å². The van der Waals surface area contributed by atoms with Crippen LogP contribution in [0.15, 0.2) is 36.4 Å². The molecule has 6 nitrogen and oxygen atoms in total. The molecule has 27 heavy (non-hydrogen) atoms. The first kappa shape index (κ1) is 20.7. The number of phenols is 1. The van der Waals surface area contributed by atoms with E-state index < -0.39 is 12.1 Å². The van der Waals surface area contributed by atoms with E-state index in [9.17, 15) is 15.0 Å². The predicted octanol–water partition coefficient (Wildman–Crippen LogP) is 2.76. The van der Waals surface area contributed by atoms with E-state index in [1.54, 1.807) is 24.3 Å². The van der Waals surface area contributed by atoms with E-state index in [4.69, 9.17) is 5.11 Å². The summed E-state index contributed by atoms with van der Waals surface area (Å²) in [4.78, 5) is 10.7. The molecule has 0 fully saturated rings. The van der Waals surface area contributed by atoms with Crippen molar-refractivity contribution in [3.05, 3.63) is 58.7 Å². The molecule has 0 radical (unpaired) electrons. The third-order valence-corrected chi connectivity index (χ3v) is 4.68. The molecule has 146 valence electrons. The summed E-state index contributed by atoms with van der Waals surface area (Å²) >= 11 is 0. The van der Waals surface area contributed by atoms with Crippen LogP contribution in [0.1, 0.15) is 35.3 Å². The molecule has 0 saturated heterocycles. The Morgan fingerprint density at radius 2 is 1.78 bits per heavy atom. The number of hydrogen-bond donors (Lipinski definition) is 5. The van der Waals surface area contributed by atoms with E-state index >= 15 is 0 Å². The highest BCUT2D eigenvalue weighted by Crippen LogP contribution is 2.22. The number of anilines is 1. The maximum Gasteiger partial charge on any atom is 0.322 e. The molecule has 0 heterocycles. The Morgan fingerprint density at radius 1 is 1.11 bits per heavy atom. The average molecular weight is 372 g/mol. The second-order valence-corrected chi connectivity index (χ2v) is 6.87. The molecule has 0 aromatic heterocycles. The zero-order valence-corrected chi connectivity index (χ0v) is 16.0. The number of carboxylic acid groups (broad SMARTS) is 1. The number of hydrogen-bond acceptors (Lipinski definition) is 5. The summed E-state index contributed by atoms with van der Waals surface area (Å²) in [6, 6.07) is 10.5. The summed E-state index contributed by atoms with van der Waals surface area (Å²) in [6.07, 6.45) is 0.148.